The van der Waals surface area contributed by atoms with Gasteiger partial charge >= 0.3 is 6.18 Å². The molecule has 1 amide bonds. The van der Waals surface area contributed by atoms with E-state index in [-0.39, 0.29) is 35.8 Å². The topological polar surface area (TPSA) is 60.0 Å². The van der Waals surface area contributed by atoms with E-state index in [1.165, 1.54) is 18.2 Å². The number of rotatable bonds is 6. The van der Waals surface area contributed by atoms with Gasteiger partial charge in [0.2, 0.25) is 5.91 Å². The summed E-state index contributed by atoms with van der Waals surface area (Å²) < 4.78 is 38.7. The van der Waals surface area contributed by atoms with Crippen LogP contribution in [0.3, 0.4) is 0 Å². The molecule has 1 saturated carbocycles. The summed E-state index contributed by atoms with van der Waals surface area (Å²) in [6.45, 7) is 6.50. The van der Waals surface area contributed by atoms with Crippen molar-refractivity contribution in [2.45, 2.75) is 58.2 Å². The molecule has 0 aromatic heterocycles. The van der Waals surface area contributed by atoms with Crippen LogP contribution in [-0.4, -0.2) is 79.7 Å². The molecule has 6 nitrogen and oxygen atoms in total. The summed E-state index contributed by atoms with van der Waals surface area (Å²) in [4.78, 5) is 20.2. The van der Waals surface area contributed by atoms with E-state index in [0.717, 1.165) is 25.7 Å². The predicted molar refractivity (Wildman–Crippen MR) is 120 cm³/mol. The van der Waals surface area contributed by atoms with E-state index >= 15 is 0 Å². The first-order valence-electron chi connectivity index (χ1n) is 10.4. The third-order valence-electron chi connectivity index (χ3n) is 5.62. The van der Waals surface area contributed by atoms with Crippen LogP contribution in [0.15, 0.2) is 4.99 Å². The summed E-state index contributed by atoms with van der Waals surface area (Å²) in [6.07, 6.45) is 1.21. The molecule has 2 aliphatic rings. The average molecular weight is 533 g/mol. The van der Waals surface area contributed by atoms with Crippen LogP contribution < -0.4 is 10.6 Å². The fourth-order valence-corrected chi connectivity index (χ4v) is 3.80. The second-order valence-corrected chi connectivity index (χ2v) is 7.60. The molecule has 1 unspecified atom stereocenters. The first kappa shape index (κ1) is 26.3. The van der Waals surface area contributed by atoms with Crippen LogP contribution in [0, 0.1) is 5.92 Å². The van der Waals surface area contributed by atoms with Gasteiger partial charge in [0.15, 0.2) is 5.96 Å². The number of nitrogens with zero attached hydrogens (tertiary/aromatic N) is 3. The smallest absolute Gasteiger partial charge is 0.357 e. The van der Waals surface area contributed by atoms with Gasteiger partial charge in [0.05, 0.1) is 6.54 Å². The lowest BCUT2D eigenvalue weighted by atomic mass is 9.89. The van der Waals surface area contributed by atoms with Crippen molar-refractivity contribution in [1.29, 1.82) is 0 Å². The van der Waals surface area contributed by atoms with Crippen molar-refractivity contribution in [3.05, 3.63) is 0 Å². The standard InChI is InChI=1S/C19H34F3N5O.HI/c1-3-23-18(25-10-9-24-17(28)16-7-5-4-6-8-16)27-13-11-26(12-14-27)15(2)19(20,21)22;/h15-16H,3-14H2,1-2H3,(H,23,25)(H,24,28);1H. The van der Waals surface area contributed by atoms with Gasteiger partial charge in [-0.15, -0.1) is 24.0 Å². The third kappa shape index (κ3) is 8.47. The van der Waals surface area contributed by atoms with Gasteiger partial charge in [-0.2, -0.15) is 13.2 Å². The highest BCUT2D eigenvalue weighted by Gasteiger charge is 2.41. The highest BCUT2D eigenvalue weighted by atomic mass is 127. The number of nitrogens with one attached hydrogen (secondary N) is 2. The Kier molecular flexibility index (Phi) is 11.6. The molecule has 2 N–H and O–H groups in total. The number of amides is 1. The Morgan fingerprint density at radius 3 is 2.28 bits per heavy atom. The molecular weight excluding hydrogens is 498 g/mol. The molecule has 0 bridgehead atoms. The Hall–Kier alpha value is -0.780. The van der Waals surface area contributed by atoms with Crippen molar-refractivity contribution in [2.24, 2.45) is 10.9 Å². The first-order valence-corrected chi connectivity index (χ1v) is 10.4. The Morgan fingerprint density at radius 2 is 1.72 bits per heavy atom. The van der Waals surface area contributed by atoms with E-state index in [9.17, 15) is 18.0 Å². The number of carbonyl (C=O) groups excluding carboxylic acids is 1. The molecule has 1 heterocycles. The molecule has 170 valence electrons. The summed E-state index contributed by atoms with van der Waals surface area (Å²) in [6, 6.07) is -1.43. The Bertz CT molecular complexity index is 518. The second-order valence-electron chi connectivity index (χ2n) is 7.60. The summed E-state index contributed by atoms with van der Waals surface area (Å²) in [5.74, 6) is 0.957. The largest absolute Gasteiger partial charge is 0.403 e. The third-order valence-corrected chi connectivity index (χ3v) is 5.62. The highest BCUT2D eigenvalue weighted by Crippen LogP contribution is 2.25. The van der Waals surface area contributed by atoms with Gasteiger partial charge in [0, 0.05) is 45.2 Å². The van der Waals surface area contributed by atoms with Gasteiger partial charge in [-0.05, 0) is 26.7 Å². The van der Waals surface area contributed by atoms with Crippen molar-refractivity contribution >= 4 is 35.8 Å². The quantitative estimate of drug-likeness (QED) is 0.239. The zero-order valence-corrected chi connectivity index (χ0v) is 19.8. The maximum absolute atomic E-state index is 12.9. The van der Waals surface area contributed by atoms with Crippen LogP contribution in [0.1, 0.15) is 46.0 Å². The summed E-state index contributed by atoms with van der Waals surface area (Å²) in [7, 11) is 0. The van der Waals surface area contributed by atoms with E-state index in [1.54, 1.807) is 0 Å². The second kappa shape index (κ2) is 12.8. The van der Waals surface area contributed by atoms with E-state index in [0.29, 0.717) is 51.8 Å². The van der Waals surface area contributed by atoms with Crippen molar-refractivity contribution in [3.63, 3.8) is 0 Å². The SMILES string of the molecule is CCNC(=NCCNC(=O)C1CCCCC1)N1CCN(C(C)C(F)(F)F)CC1.I. The van der Waals surface area contributed by atoms with Crippen LogP contribution in [0.2, 0.25) is 0 Å². The van der Waals surface area contributed by atoms with Gasteiger partial charge in [-0.3, -0.25) is 14.7 Å². The van der Waals surface area contributed by atoms with E-state index in [2.05, 4.69) is 15.6 Å². The molecule has 2 rings (SSSR count). The van der Waals surface area contributed by atoms with Crippen LogP contribution in [0.5, 0.6) is 0 Å². The van der Waals surface area contributed by atoms with Gasteiger partial charge in [0.25, 0.3) is 0 Å². The molecule has 0 spiro atoms. The van der Waals surface area contributed by atoms with Gasteiger partial charge in [-0.1, -0.05) is 19.3 Å². The molecule has 1 atom stereocenters. The van der Waals surface area contributed by atoms with Gasteiger partial charge in [0.1, 0.15) is 6.04 Å². The zero-order valence-electron chi connectivity index (χ0n) is 17.4. The number of hydrogen-bond donors (Lipinski definition) is 2. The van der Waals surface area contributed by atoms with Crippen LogP contribution in [0.25, 0.3) is 0 Å². The fraction of sp³-hybridized carbons (Fsp3) is 0.895. The molecule has 0 aromatic rings. The van der Waals surface area contributed by atoms with Gasteiger partial charge in [-0.25, -0.2) is 0 Å². The van der Waals surface area contributed by atoms with E-state index in [4.69, 9.17) is 0 Å². The molecule has 1 saturated heterocycles. The summed E-state index contributed by atoms with van der Waals surface area (Å²) in [5.41, 5.74) is 0. The van der Waals surface area contributed by atoms with Crippen molar-refractivity contribution < 1.29 is 18.0 Å². The minimum Gasteiger partial charge on any atom is -0.357 e. The van der Waals surface area contributed by atoms with Crippen LogP contribution in [-0.2, 0) is 4.79 Å². The molecule has 1 aliphatic heterocycles. The lowest BCUT2D eigenvalue weighted by molar-refractivity contribution is -0.181. The lowest BCUT2D eigenvalue weighted by Gasteiger charge is -2.39. The van der Waals surface area contributed by atoms with Crippen LogP contribution >= 0.6 is 24.0 Å². The maximum Gasteiger partial charge on any atom is 0.403 e. The predicted octanol–water partition coefficient (Wildman–Crippen LogP) is 2.83. The molecule has 10 heteroatoms. The number of aliphatic imine (C=N–C) groups is 1. The molecule has 29 heavy (non-hydrogen) atoms. The minimum atomic E-state index is -4.20. The van der Waals surface area contributed by atoms with Gasteiger partial charge < -0.3 is 15.5 Å². The number of piperazine rings is 1. The monoisotopic (exact) mass is 533 g/mol. The molecule has 0 radical (unpaired) electrons. The fourth-order valence-electron chi connectivity index (χ4n) is 3.80. The number of carbonyl (C=O) groups is 1. The van der Waals surface area contributed by atoms with Crippen LogP contribution in [0.4, 0.5) is 13.2 Å². The number of hydrogen-bond acceptors (Lipinski definition) is 3. The molecule has 2 fully saturated rings. The summed E-state index contributed by atoms with van der Waals surface area (Å²) in [5, 5.41) is 6.17. The van der Waals surface area contributed by atoms with Crippen molar-refractivity contribution in [3.8, 4) is 0 Å². The minimum absolute atomic E-state index is 0. The Labute approximate surface area is 189 Å². The highest BCUT2D eigenvalue weighted by molar-refractivity contribution is 14.0. The molecule has 1 aliphatic carbocycles. The Morgan fingerprint density at radius 1 is 1.10 bits per heavy atom. The van der Waals surface area contributed by atoms with Crippen molar-refractivity contribution in [2.75, 3.05) is 45.8 Å². The molecular formula is C19H35F3IN5O. The van der Waals surface area contributed by atoms with E-state index in [1.807, 2.05) is 11.8 Å². The number of guanidine groups is 1. The normalized spacial score (nSPS) is 20.7. The number of halogens is 4. The molecule has 0 aromatic carbocycles. The lowest BCUT2D eigenvalue weighted by Crippen LogP contribution is -2.56. The summed E-state index contributed by atoms with van der Waals surface area (Å²) >= 11 is 0. The number of alkyl halides is 3. The average Bonchev–Trinajstić information content (AvgIpc) is 2.69. The van der Waals surface area contributed by atoms with E-state index < -0.39 is 12.2 Å². The maximum atomic E-state index is 12.9. The Balaban J connectivity index is 0.00000420. The first-order chi connectivity index (χ1) is 13.3. The zero-order chi connectivity index (χ0) is 20.6. The van der Waals surface area contributed by atoms with Crippen molar-refractivity contribution in [1.82, 2.24) is 20.4 Å².